The molecule has 0 spiro atoms. The number of carbonyl (C=O) groups excluding carboxylic acids is 1. The van der Waals surface area contributed by atoms with Crippen molar-refractivity contribution in [3.8, 4) is 0 Å². The monoisotopic (exact) mass is 282 g/mol. The summed E-state index contributed by atoms with van der Waals surface area (Å²) in [4.78, 5) is 13.4. The van der Waals surface area contributed by atoms with Gasteiger partial charge in [-0.3, -0.25) is 4.79 Å². The third-order valence-corrected chi connectivity index (χ3v) is 3.41. The van der Waals surface area contributed by atoms with E-state index in [1.54, 1.807) is 27.0 Å². The number of aryl methyl sites for hydroxylation is 1. The quantitative estimate of drug-likeness (QED) is 0.868. The minimum atomic E-state index is -0.766. The molecular weight excluding hydrogens is 259 g/mol. The number of halogens is 1. The van der Waals surface area contributed by atoms with E-state index in [1.807, 2.05) is 18.9 Å². The molecule has 4 nitrogen and oxygen atoms in total. The molecule has 1 amide bonds. The Morgan fingerprint density at radius 3 is 2.55 bits per heavy atom. The number of anilines is 1. The summed E-state index contributed by atoms with van der Waals surface area (Å²) in [5, 5.41) is 12.4. The summed E-state index contributed by atoms with van der Waals surface area (Å²) in [6, 6.07) is 3.06. The van der Waals surface area contributed by atoms with E-state index in [1.165, 1.54) is 6.07 Å². The molecule has 2 N–H and O–H groups in total. The first-order valence-corrected chi connectivity index (χ1v) is 6.68. The second-order valence-corrected chi connectivity index (χ2v) is 5.23. The molecule has 112 valence electrons. The van der Waals surface area contributed by atoms with Crippen molar-refractivity contribution in [1.29, 1.82) is 0 Å². The lowest BCUT2D eigenvalue weighted by Crippen LogP contribution is -2.34. The first kappa shape index (κ1) is 16.4. The van der Waals surface area contributed by atoms with Crippen LogP contribution in [0.4, 0.5) is 10.1 Å². The van der Waals surface area contributed by atoms with Crippen LogP contribution in [0.25, 0.3) is 0 Å². The smallest absolute Gasteiger partial charge is 0.224 e. The molecule has 1 unspecified atom stereocenters. The molecule has 0 aliphatic heterocycles. The lowest BCUT2D eigenvalue weighted by molar-refractivity contribution is -0.123. The fourth-order valence-corrected chi connectivity index (χ4v) is 2.19. The van der Waals surface area contributed by atoms with Gasteiger partial charge in [0.05, 0.1) is 12.0 Å². The van der Waals surface area contributed by atoms with Gasteiger partial charge in [-0.15, -0.1) is 0 Å². The number of nitrogens with one attached hydrogen (secondary N) is 1. The summed E-state index contributed by atoms with van der Waals surface area (Å²) in [5.41, 5.74) is 1.79. The molecule has 0 heterocycles. The van der Waals surface area contributed by atoms with Crippen molar-refractivity contribution >= 4 is 11.6 Å². The lowest BCUT2D eigenvalue weighted by atomic mass is 10.0. The molecule has 1 aromatic rings. The van der Waals surface area contributed by atoms with Crippen LogP contribution in [-0.2, 0) is 4.79 Å². The van der Waals surface area contributed by atoms with Crippen molar-refractivity contribution in [3.05, 3.63) is 29.1 Å². The van der Waals surface area contributed by atoms with Gasteiger partial charge in [-0.05, 0) is 31.5 Å². The van der Waals surface area contributed by atoms with Crippen molar-refractivity contribution in [1.82, 2.24) is 5.32 Å². The number of benzene rings is 1. The Bertz CT molecular complexity index is 489. The normalized spacial score (nSPS) is 13.8. The van der Waals surface area contributed by atoms with E-state index in [0.717, 1.165) is 5.69 Å². The molecule has 0 saturated heterocycles. The zero-order valence-electron chi connectivity index (χ0n) is 12.7. The Morgan fingerprint density at radius 1 is 1.45 bits per heavy atom. The first-order valence-electron chi connectivity index (χ1n) is 6.68. The highest BCUT2D eigenvalue weighted by Gasteiger charge is 2.19. The van der Waals surface area contributed by atoms with Crippen LogP contribution < -0.4 is 10.2 Å². The maximum absolute atomic E-state index is 13.6. The average molecular weight is 282 g/mol. The molecule has 0 radical (unpaired) electrons. The zero-order valence-corrected chi connectivity index (χ0v) is 12.7. The average Bonchev–Trinajstić information content (AvgIpc) is 2.39. The highest BCUT2D eigenvalue weighted by molar-refractivity contribution is 5.78. The number of aliphatic hydroxyl groups is 1. The Kier molecular flexibility index (Phi) is 5.51. The Balaban J connectivity index is 3.05. The second kappa shape index (κ2) is 6.70. The molecule has 0 saturated carbocycles. The number of rotatable bonds is 5. The molecule has 1 aromatic carbocycles. The predicted octanol–water partition coefficient (Wildman–Crippen LogP) is 2.01. The number of aliphatic hydroxyl groups excluding tert-OH is 1. The van der Waals surface area contributed by atoms with Crippen LogP contribution in [0.2, 0.25) is 0 Å². The number of carbonyl (C=O) groups is 1. The molecular formula is C15H23FN2O2. The summed E-state index contributed by atoms with van der Waals surface area (Å²) < 4.78 is 13.6. The van der Waals surface area contributed by atoms with Crippen molar-refractivity contribution in [3.63, 3.8) is 0 Å². The van der Waals surface area contributed by atoms with Gasteiger partial charge in [0.25, 0.3) is 0 Å². The van der Waals surface area contributed by atoms with Gasteiger partial charge in [-0.25, -0.2) is 4.39 Å². The van der Waals surface area contributed by atoms with Crippen LogP contribution in [0.3, 0.4) is 0 Å². The number of amides is 1. The fourth-order valence-electron chi connectivity index (χ4n) is 2.19. The number of hydrogen-bond donors (Lipinski definition) is 2. The van der Waals surface area contributed by atoms with Gasteiger partial charge in [0, 0.05) is 31.9 Å². The van der Waals surface area contributed by atoms with E-state index < -0.39 is 6.10 Å². The first-order chi connectivity index (χ1) is 9.27. The molecule has 0 bridgehead atoms. The van der Waals surface area contributed by atoms with Crippen LogP contribution in [0.15, 0.2) is 12.1 Å². The van der Waals surface area contributed by atoms with E-state index in [-0.39, 0.29) is 17.6 Å². The van der Waals surface area contributed by atoms with Crippen molar-refractivity contribution < 1.29 is 14.3 Å². The lowest BCUT2D eigenvalue weighted by Gasteiger charge is -2.26. The van der Waals surface area contributed by atoms with Gasteiger partial charge in [-0.2, -0.15) is 0 Å². The van der Waals surface area contributed by atoms with E-state index in [4.69, 9.17) is 0 Å². The molecule has 0 aromatic heterocycles. The van der Waals surface area contributed by atoms with Crippen LogP contribution in [0.5, 0.6) is 0 Å². The van der Waals surface area contributed by atoms with Crippen molar-refractivity contribution in [2.45, 2.75) is 26.9 Å². The van der Waals surface area contributed by atoms with Crippen LogP contribution in [0.1, 0.15) is 31.1 Å². The summed E-state index contributed by atoms with van der Waals surface area (Å²) in [5.74, 6) is -0.580. The molecule has 0 aliphatic rings. The summed E-state index contributed by atoms with van der Waals surface area (Å²) in [6.07, 6.45) is -0.766. The molecule has 0 aliphatic carbocycles. The van der Waals surface area contributed by atoms with Gasteiger partial charge in [0.2, 0.25) is 5.91 Å². The molecule has 5 heteroatoms. The van der Waals surface area contributed by atoms with Gasteiger partial charge < -0.3 is 15.3 Å². The summed E-state index contributed by atoms with van der Waals surface area (Å²) in [6.45, 7) is 5.60. The predicted molar refractivity (Wildman–Crippen MR) is 78.3 cm³/mol. The highest BCUT2D eigenvalue weighted by atomic mass is 19.1. The Labute approximate surface area is 119 Å². The number of hydrogen-bond acceptors (Lipinski definition) is 3. The van der Waals surface area contributed by atoms with Gasteiger partial charge >= 0.3 is 0 Å². The van der Waals surface area contributed by atoms with E-state index in [9.17, 15) is 14.3 Å². The molecule has 0 fully saturated rings. The Morgan fingerprint density at radius 2 is 2.05 bits per heavy atom. The number of nitrogens with zero attached hydrogens (tertiary/aromatic N) is 1. The third kappa shape index (κ3) is 3.70. The topological polar surface area (TPSA) is 52.6 Å². The van der Waals surface area contributed by atoms with Crippen molar-refractivity contribution in [2.75, 3.05) is 25.5 Å². The van der Waals surface area contributed by atoms with E-state index >= 15 is 0 Å². The standard InChI is InChI=1S/C15H23FN2O2/c1-9-6-14(12(11(3)19)7-13(9)16)18(5)8-10(2)15(20)17-4/h6-7,10-11,19H,8H2,1-5H3,(H,17,20)/t10?,11-/m1/s1. The molecule has 1 rings (SSSR count). The fraction of sp³-hybridized carbons (Fsp3) is 0.533. The van der Waals surface area contributed by atoms with Crippen molar-refractivity contribution in [2.24, 2.45) is 5.92 Å². The van der Waals surface area contributed by atoms with Crippen LogP contribution in [-0.4, -0.2) is 31.7 Å². The van der Waals surface area contributed by atoms with Gasteiger partial charge in [-0.1, -0.05) is 6.92 Å². The molecule has 2 atom stereocenters. The van der Waals surface area contributed by atoms with Crippen LogP contribution in [0, 0.1) is 18.7 Å². The molecule has 20 heavy (non-hydrogen) atoms. The summed E-state index contributed by atoms with van der Waals surface area (Å²) in [7, 11) is 3.43. The SMILES string of the molecule is CNC(=O)C(C)CN(C)c1cc(C)c(F)cc1[C@@H](C)O. The van der Waals surface area contributed by atoms with E-state index in [0.29, 0.717) is 17.7 Å². The highest BCUT2D eigenvalue weighted by Crippen LogP contribution is 2.29. The largest absolute Gasteiger partial charge is 0.389 e. The second-order valence-electron chi connectivity index (χ2n) is 5.23. The van der Waals surface area contributed by atoms with Gasteiger partial charge in [0.15, 0.2) is 0 Å². The minimum absolute atomic E-state index is 0.0470. The van der Waals surface area contributed by atoms with E-state index in [2.05, 4.69) is 5.32 Å². The minimum Gasteiger partial charge on any atom is -0.389 e. The Hall–Kier alpha value is -1.62. The van der Waals surface area contributed by atoms with Gasteiger partial charge in [0.1, 0.15) is 5.82 Å². The summed E-state index contributed by atoms with van der Waals surface area (Å²) >= 11 is 0. The maximum atomic E-state index is 13.6. The van der Waals surface area contributed by atoms with Crippen LogP contribution >= 0.6 is 0 Å². The maximum Gasteiger partial charge on any atom is 0.224 e. The zero-order chi connectivity index (χ0) is 15.4. The third-order valence-electron chi connectivity index (χ3n) is 3.41.